The summed E-state index contributed by atoms with van der Waals surface area (Å²) in [6, 6.07) is 14.7. The first kappa shape index (κ1) is 15.8. The largest absolute Gasteiger partial charge is 0.497 e. The van der Waals surface area contributed by atoms with Crippen molar-refractivity contribution in [2.75, 3.05) is 31.7 Å². The molecule has 1 aliphatic heterocycles. The van der Waals surface area contributed by atoms with E-state index in [1.54, 1.807) is 7.11 Å². The molecular formula is C19H22FNO2. The normalized spacial score (nSPS) is 21.3. The number of anilines is 1. The fourth-order valence-electron chi connectivity index (χ4n) is 3.39. The third-order valence-electron chi connectivity index (χ3n) is 4.70. The summed E-state index contributed by atoms with van der Waals surface area (Å²) in [5, 5.41) is 9.80. The molecule has 0 saturated carbocycles. The molecule has 0 spiro atoms. The molecule has 1 aliphatic rings. The summed E-state index contributed by atoms with van der Waals surface area (Å²) < 4.78 is 18.3. The van der Waals surface area contributed by atoms with Crippen LogP contribution in [-0.2, 0) is 0 Å². The molecule has 4 heteroatoms. The highest BCUT2D eigenvalue weighted by Gasteiger charge is 2.30. The Kier molecular flexibility index (Phi) is 4.82. The zero-order valence-electron chi connectivity index (χ0n) is 13.3. The minimum absolute atomic E-state index is 0.134. The first-order valence-electron chi connectivity index (χ1n) is 7.96. The average molecular weight is 315 g/mol. The Bertz CT molecular complexity index is 627. The molecule has 0 radical (unpaired) electrons. The number of hydrogen-bond donors (Lipinski definition) is 1. The lowest BCUT2D eigenvalue weighted by Crippen LogP contribution is -2.41. The van der Waals surface area contributed by atoms with Crippen molar-refractivity contribution in [3.05, 3.63) is 59.9 Å². The van der Waals surface area contributed by atoms with E-state index in [9.17, 15) is 9.50 Å². The van der Waals surface area contributed by atoms with Crippen LogP contribution in [0.15, 0.2) is 48.5 Å². The van der Waals surface area contributed by atoms with Crippen LogP contribution < -0.4 is 9.64 Å². The molecule has 23 heavy (non-hydrogen) atoms. The fourth-order valence-corrected chi connectivity index (χ4v) is 3.39. The summed E-state index contributed by atoms with van der Waals surface area (Å²) in [6.45, 7) is 1.85. The second-order valence-corrected chi connectivity index (χ2v) is 6.03. The van der Waals surface area contributed by atoms with Gasteiger partial charge in [0.05, 0.1) is 7.11 Å². The lowest BCUT2D eigenvalue weighted by Gasteiger charge is -2.39. The third-order valence-corrected chi connectivity index (χ3v) is 4.70. The average Bonchev–Trinajstić information content (AvgIpc) is 2.62. The van der Waals surface area contributed by atoms with Gasteiger partial charge in [-0.3, -0.25) is 0 Å². The van der Waals surface area contributed by atoms with Gasteiger partial charge in [0, 0.05) is 31.3 Å². The van der Waals surface area contributed by atoms with Crippen molar-refractivity contribution in [1.29, 1.82) is 0 Å². The number of aliphatic hydroxyl groups excluding tert-OH is 1. The van der Waals surface area contributed by atoms with E-state index in [1.165, 1.54) is 12.1 Å². The van der Waals surface area contributed by atoms with E-state index in [0.717, 1.165) is 36.5 Å². The second-order valence-electron chi connectivity index (χ2n) is 6.03. The summed E-state index contributed by atoms with van der Waals surface area (Å²) in [5.74, 6) is 1.05. The number of benzene rings is 2. The number of aliphatic hydroxyl groups is 1. The van der Waals surface area contributed by atoms with Gasteiger partial charge in [-0.15, -0.1) is 0 Å². The Labute approximate surface area is 136 Å². The maximum Gasteiger partial charge on any atom is 0.123 e. The predicted octanol–water partition coefficient (Wildman–Crippen LogP) is 3.44. The number of ether oxygens (including phenoxy) is 1. The van der Waals surface area contributed by atoms with Gasteiger partial charge in [0.15, 0.2) is 0 Å². The van der Waals surface area contributed by atoms with Crippen LogP contribution in [0.2, 0.25) is 0 Å². The number of halogens is 1. The molecule has 0 bridgehead atoms. The minimum Gasteiger partial charge on any atom is -0.497 e. The van der Waals surface area contributed by atoms with Crippen molar-refractivity contribution < 1.29 is 14.2 Å². The van der Waals surface area contributed by atoms with Crippen LogP contribution in [0.4, 0.5) is 10.1 Å². The molecule has 0 aromatic heterocycles. The molecule has 1 fully saturated rings. The van der Waals surface area contributed by atoms with Crippen molar-refractivity contribution in [1.82, 2.24) is 0 Å². The Morgan fingerprint density at radius 3 is 2.43 bits per heavy atom. The first-order chi connectivity index (χ1) is 11.2. The maximum atomic E-state index is 13.1. The summed E-state index contributed by atoms with van der Waals surface area (Å²) in [6.07, 6.45) is 0.947. The molecule has 3 rings (SSSR count). The van der Waals surface area contributed by atoms with Gasteiger partial charge in [-0.1, -0.05) is 12.1 Å². The van der Waals surface area contributed by atoms with Crippen LogP contribution >= 0.6 is 0 Å². The minimum atomic E-state index is -0.218. The van der Waals surface area contributed by atoms with E-state index in [1.807, 2.05) is 36.4 Å². The van der Waals surface area contributed by atoms with Gasteiger partial charge in [0.1, 0.15) is 11.6 Å². The van der Waals surface area contributed by atoms with Gasteiger partial charge in [0.2, 0.25) is 0 Å². The Morgan fingerprint density at radius 1 is 1.13 bits per heavy atom. The van der Waals surface area contributed by atoms with Crippen LogP contribution in [0.5, 0.6) is 5.75 Å². The van der Waals surface area contributed by atoms with Crippen molar-refractivity contribution in [2.24, 2.45) is 5.92 Å². The summed E-state index contributed by atoms with van der Waals surface area (Å²) in [7, 11) is 1.66. The smallest absolute Gasteiger partial charge is 0.123 e. The van der Waals surface area contributed by atoms with Crippen LogP contribution in [0.25, 0.3) is 0 Å². The van der Waals surface area contributed by atoms with Crippen LogP contribution in [0, 0.1) is 11.7 Å². The molecule has 1 heterocycles. The zero-order chi connectivity index (χ0) is 16.2. The van der Waals surface area contributed by atoms with Gasteiger partial charge >= 0.3 is 0 Å². The van der Waals surface area contributed by atoms with Crippen molar-refractivity contribution in [2.45, 2.75) is 12.3 Å². The highest BCUT2D eigenvalue weighted by Crippen LogP contribution is 2.35. The summed E-state index contributed by atoms with van der Waals surface area (Å²) >= 11 is 0. The van der Waals surface area contributed by atoms with Gasteiger partial charge in [-0.2, -0.15) is 0 Å². The molecule has 2 aromatic carbocycles. The maximum absolute atomic E-state index is 13.1. The third kappa shape index (κ3) is 3.48. The molecule has 1 saturated heterocycles. The Balaban J connectivity index is 1.74. The molecule has 2 atom stereocenters. The molecule has 0 aliphatic carbocycles. The van der Waals surface area contributed by atoms with Crippen molar-refractivity contribution >= 4 is 5.69 Å². The quantitative estimate of drug-likeness (QED) is 0.938. The molecule has 3 nitrogen and oxygen atoms in total. The highest BCUT2D eigenvalue weighted by atomic mass is 19.1. The summed E-state index contributed by atoms with van der Waals surface area (Å²) in [5.41, 5.74) is 2.25. The lowest BCUT2D eigenvalue weighted by molar-refractivity contribution is 0.189. The first-order valence-corrected chi connectivity index (χ1v) is 7.96. The number of methoxy groups -OCH3 is 1. The number of nitrogens with zero attached hydrogens (tertiary/aromatic N) is 1. The van der Waals surface area contributed by atoms with E-state index in [0.29, 0.717) is 0 Å². The van der Waals surface area contributed by atoms with Gasteiger partial charge in [0.25, 0.3) is 0 Å². The second kappa shape index (κ2) is 7.01. The molecule has 0 unspecified atom stereocenters. The summed E-state index contributed by atoms with van der Waals surface area (Å²) in [4.78, 5) is 2.29. The van der Waals surface area contributed by atoms with E-state index >= 15 is 0 Å². The number of piperidine rings is 1. The van der Waals surface area contributed by atoms with Gasteiger partial charge < -0.3 is 14.7 Å². The Morgan fingerprint density at radius 2 is 1.83 bits per heavy atom. The molecule has 122 valence electrons. The topological polar surface area (TPSA) is 32.7 Å². The fraction of sp³-hybridized carbons (Fsp3) is 0.368. The van der Waals surface area contributed by atoms with Crippen LogP contribution in [-0.4, -0.2) is 31.9 Å². The Hall–Kier alpha value is -2.07. The van der Waals surface area contributed by atoms with E-state index < -0.39 is 0 Å². The van der Waals surface area contributed by atoms with E-state index in [-0.39, 0.29) is 24.3 Å². The van der Waals surface area contributed by atoms with Crippen LogP contribution in [0.3, 0.4) is 0 Å². The van der Waals surface area contributed by atoms with Crippen molar-refractivity contribution in [3.63, 3.8) is 0 Å². The van der Waals surface area contributed by atoms with Crippen LogP contribution in [0.1, 0.15) is 17.9 Å². The highest BCUT2D eigenvalue weighted by molar-refractivity contribution is 5.50. The van der Waals surface area contributed by atoms with Gasteiger partial charge in [-0.05, 0) is 54.3 Å². The van der Waals surface area contributed by atoms with E-state index in [2.05, 4.69) is 4.90 Å². The standard InChI is InChI=1S/C19H22FNO2/c1-23-18-8-6-17(7-9-18)21-11-10-19(15(12-21)13-22)14-2-4-16(20)5-3-14/h2-9,15,19,22H,10-13H2,1H3/t15-,19-/m0/s1. The predicted molar refractivity (Wildman–Crippen MR) is 89.5 cm³/mol. The number of hydrogen-bond acceptors (Lipinski definition) is 3. The molecule has 1 N–H and O–H groups in total. The monoisotopic (exact) mass is 315 g/mol. The zero-order valence-corrected chi connectivity index (χ0v) is 13.3. The van der Waals surface area contributed by atoms with Gasteiger partial charge in [-0.25, -0.2) is 4.39 Å². The van der Waals surface area contributed by atoms with Crippen molar-refractivity contribution in [3.8, 4) is 5.75 Å². The molecular weight excluding hydrogens is 293 g/mol. The molecule has 0 amide bonds. The SMILES string of the molecule is COc1ccc(N2CC[C@@H](c3ccc(F)cc3)[C@H](CO)C2)cc1. The van der Waals surface area contributed by atoms with E-state index in [4.69, 9.17) is 4.74 Å². The lowest BCUT2D eigenvalue weighted by atomic mass is 9.80. The molecule has 2 aromatic rings. The number of rotatable bonds is 4.